The summed E-state index contributed by atoms with van der Waals surface area (Å²) in [7, 11) is 0. The summed E-state index contributed by atoms with van der Waals surface area (Å²) in [5, 5.41) is 15.4. The van der Waals surface area contributed by atoms with Gasteiger partial charge in [-0.05, 0) is 50.6 Å². The van der Waals surface area contributed by atoms with E-state index in [9.17, 15) is 10.0 Å². The zero-order valence-electron chi connectivity index (χ0n) is 14.2. The molecule has 1 aliphatic heterocycles. The Morgan fingerprint density at radius 2 is 2.04 bits per heavy atom. The van der Waals surface area contributed by atoms with Crippen LogP contribution in [0, 0.1) is 12.1 Å². The van der Waals surface area contributed by atoms with Crippen molar-refractivity contribution >= 4 is 23.2 Å². The molecule has 132 valence electrons. The van der Waals surface area contributed by atoms with Gasteiger partial charge in [-0.15, -0.1) is 0 Å². The van der Waals surface area contributed by atoms with Gasteiger partial charge in [0.05, 0.1) is 6.54 Å². The summed E-state index contributed by atoms with van der Waals surface area (Å²) >= 11 is 6.09. The zero-order valence-corrected chi connectivity index (χ0v) is 15.0. The number of nitrogens with one attached hydrogen (secondary N) is 1. The minimum atomic E-state index is -0.0394. The van der Waals surface area contributed by atoms with Crippen molar-refractivity contribution in [2.45, 2.75) is 25.7 Å². The molecular formula is C19H22ClN3O2. The quantitative estimate of drug-likeness (QED) is 0.674. The third kappa shape index (κ3) is 4.30. The normalized spacial score (nSPS) is 15.9. The standard InChI is InChI=1S/C19H22ClN3O2/c1-14-16(20)5-4-6-17(14)21-19(24)13-22-11-8-15(9-12-22)18-7-2-3-10-23(18)25/h2-7,10,15H,8-9,11-13H2,1H3,(H,21,24). The topological polar surface area (TPSA) is 59.3 Å². The molecule has 1 saturated heterocycles. The number of piperidine rings is 1. The van der Waals surface area contributed by atoms with E-state index in [0.29, 0.717) is 11.6 Å². The van der Waals surface area contributed by atoms with E-state index >= 15 is 0 Å². The van der Waals surface area contributed by atoms with Crippen LogP contribution < -0.4 is 10.0 Å². The van der Waals surface area contributed by atoms with Crippen LogP contribution in [0.4, 0.5) is 5.69 Å². The van der Waals surface area contributed by atoms with E-state index < -0.39 is 0 Å². The van der Waals surface area contributed by atoms with Crippen LogP contribution in [0.1, 0.15) is 30.0 Å². The zero-order chi connectivity index (χ0) is 17.8. The summed E-state index contributed by atoms with van der Waals surface area (Å²) in [5.41, 5.74) is 2.45. The van der Waals surface area contributed by atoms with Gasteiger partial charge in [0.25, 0.3) is 0 Å². The minimum Gasteiger partial charge on any atom is -0.618 e. The first-order valence-electron chi connectivity index (χ1n) is 8.50. The van der Waals surface area contributed by atoms with Crippen molar-refractivity contribution in [3.05, 3.63) is 64.1 Å². The molecule has 0 aliphatic carbocycles. The lowest BCUT2D eigenvalue weighted by Crippen LogP contribution is -2.41. The highest BCUT2D eigenvalue weighted by molar-refractivity contribution is 6.31. The largest absolute Gasteiger partial charge is 0.618 e. The third-order valence-electron chi connectivity index (χ3n) is 4.77. The molecule has 0 atom stereocenters. The van der Waals surface area contributed by atoms with E-state index in [1.165, 1.54) is 0 Å². The Kier molecular flexibility index (Phi) is 5.56. The van der Waals surface area contributed by atoms with E-state index in [0.717, 1.165) is 47.6 Å². The van der Waals surface area contributed by atoms with Crippen molar-refractivity contribution in [2.24, 2.45) is 0 Å². The number of rotatable bonds is 4. The average molecular weight is 360 g/mol. The van der Waals surface area contributed by atoms with E-state index in [2.05, 4.69) is 10.2 Å². The summed E-state index contributed by atoms with van der Waals surface area (Å²) in [6, 6.07) is 11.0. The maximum atomic E-state index is 12.3. The number of hydrogen-bond acceptors (Lipinski definition) is 3. The fraction of sp³-hybridized carbons (Fsp3) is 0.368. The summed E-state index contributed by atoms with van der Waals surface area (Å²) < 4.78 is 0.953. The van der Waals surface area contributed by atoms with E-state index in [-0.39, 0.29) is 11.8 Å². The van der Waals surface area contributed by atoms with Crippen LogP contribution in [0.3, 0.4) is 0 Å². The first kappa shape index (κ1) is 17.7. The van der Waals surface area contributed by atoms with Crippen LogP contribution in [0.15, 0.2) is 42.6 Å². The van der Waals surface area contributed by atoms with Gasteiger partial charge < -0.3 is 10.5 Å². The molecule has 3 rings (SSSR count). The molecule has 6 heteroatoms. The molecule has 25 heavy (non-hydrogen) atoms. The molecule has 5 nitrogen and oxygen atoms in total. The Morgan fingerprint density at radius 1 is 1.28 bits per heavy atom. The van der Waals surface area contributed by atoms with Crippen LogP contribution >= 0.6 is 11.6 Å². The number of pyridine rings is 1. The number of aromatic nitrogens is 1. The third-order valence-corrected chi connectivity index (χ3v) is 5.18. The second-order valence-electron chi connectivity index (χ2n) is 6.46. The van der Waals surface area contributed by atoms with Crippen LogP contribution in [0.25, 0.3) is 0 Å². The van der Waals surface area contributed by atoms with Gasteiger partial charge in [0, 0.05) is 28.8 Å². The van der Waals surface area contributed by atoms with Gasteiger partial charge in [0.2, 0.25) is 5.91 Å². The lowest BCUT2D eigenvalue weighted by molar-refractivity contribution is -0.616. The number of hydrogen-bond donors (Lipinski definition) is 1. The van der Waals surface area contributed by atoms with E-state index in [4.69, 9.17) is 11.6 Å². The molecule has 2 heterocycles. The van der Waals surface area contributed by atoms with Crippen molar-refractivity contribution in [3.63, 3.8) is 0 Å². The number of nitrogens with zero attached hydrogens (tertiary/aromatic N) is 2. The van der Waals surface area contributed by atoms with Gasteiger partial charge in [0.15, 0.2) is 11.9 Å². The van der Waals surface area contributed by atoms with Crippen molar-refractivity contribution in [1.29, 1.82) is 0 Å². The van der Waals surface area contributed by atoms with Crippen LogP contribution in [-0.4, -0.2) is 30.4 Å². The number of likely N-dealkylation sites (tertiary alicyclic amines) is 1. The van der Waals surface area contributed by atoms with Crippen LogP contribution in [0.5, 0.6) is 0 Å². The highest BCUT2D eigenvalue weighted by Gasteiger charge is 2.26. The second kappa shape index (κ2) is 7.85. The van der Waals surface area contributed by atoms with Crippen LogP contribution in [0.2, 0.25) is 5.02 Å². The lowest BCUT2D eigenvalue weighted by Gasteiger charge is -2.30. The molecule has 1 amide bonds. The van der Waals surface area contributed by atoms with Gasteiger partial charge in [0.1, 0.15) is 0 Å². The lowest BCUT2D eigenvalue weighted by atomic mass is 9.93. The van der Waals surface area contributed by atoms with Crippen molar-refractivity contribution in [3.8, 4) is 0 Å². The number of amides is 1. The minimum absolute atomic E-state index is 0.0394. The Balaban J connectivity index is 1.53. The molecule has 0 unspecified atom stereocenters. The number of anilines is 1. The Morgan fingerprint density at radius 3 is 2.76 bits per heavy atom. The van der Waals surface area contributed by atoms with Gasteiger partial charge in [-0.1, -0.05) is 23.7 Å². The van der Waals surface area contributed by atoms with Crippen molar-refractivity contribution in [1.82, 2.24) is 4.90 Å². The highest BCUT2D eigenvalue weighted by Crippen LogP contribution is 2.26. The Hall–Kier alpha value is -2.11. The fourth-order valence-corrected chi connectivity index (χ4v) is 3.45. The smallest absolute Gasteiger partial charge is 0.238 e. The monoisotopic (exact) mass is 359 g/mol. The molecule has 0 bridgehead atoms. The van der Waals surface area contributed by atoms with E-state index in [1.54, 1.807) is 12.3 Å². The van der Waals surface area contributed by atoms with Gasteiger partial charge >= 0.3 is 0 Å². The summed E-state index contributed by atoms with van der Waals surface area (Å²) in [5.74, 6) is 0.218. The molecule has 1 aromatic carbocycles. The number of carbonyl (C=O) groups excluding carboxylic acids is 1. The van der Waals surface area contributed by atoms with Gasteiger partial charge in [-0.3, -0.25) is 9.69 Å². The molecule has 2 aromatic rings. The molecule has 0 saturated carbocycles. The average Bonchev–Trinajstić information content (AvgIpc) is 2.60. The summed E-state index contributed by atoms with van der Waals surface area (Å²) in [4.78, 5) is 14.4. The molecule has 0 spiro atoms. The second-order valence-corrected chi connectivity index (χ2v) is 6.87. The number of halogens is 1. The molecule has 1 fully saturated rings. The SMILES string of the molecule is Cc1c(Cl)cccc1NC(=O)CN1CCC(c2cccc[n+]2[O-])CC1. The predicted octanol–water partition coefficient (Wildman–Crippen LogP) is 3.10. The van der Waals surface area contributed by atoms with E-state index in [1.807, 2.05) is 37.3 Å². The first-order valence-corrected chi connectivity index (χ1v) is 8.88. The van der Waals surface area contributed by atoms with Crippen molar-refractivity contribution < 1.29 is 9.52 Å². The molecule has 1 aromatic heterocycles. The Bertz CT molecular complexity index is 758. The highest BCUT2D eigenvalue weighted by atomic mass is 35.5. The summed E-state index contributed by atoms with van der Waals surface area (Å²) in [6.45, 7) is 3.86. The fourth-order valence-electron chi connectivity index (χ4n) is 3.28. The molecule has 1 N–H and O–H groups in total. The van der Waals surface area contributed by atoms with Gasteiger partial charge in [-0.2, -0.15) is 4.73 Å². The maximum Gasteiger partial charge on any atom is 0.238 e. The summed E-state index contributed by atoms with van der Waals surface area (Å²) in [6.07, 6.45) is 3.31. The predicted molar refractivity (Wildman–Crippen MR) is 98.6 cm³/mol. The van der Waals surface area contributed by atoms with Gasteiger partial charge in [-0.25, -0.2) is 0 Å². The molecule has 1 aliphatic rings. The van der Waals surface area contributed by atoms with Crippen molar-refractivity contribution in [2.75, 3.05) is 25.0 Å². The van der Waals surface area contributed by atoms with Crippen LogP contribution in [-0.2, 0) is 4.79 Å². The number of carbonyl (C=O) groups is 1. The first-order chi connectivity index (χ1) is 12.0. The maximum absolute atomic E-state index is 12.3. The molecule has 0 radical (unpaired) electrons. The molecular weight excluding hydrogens is 338 g/mol. The Labute approximate surface area is 152 Å². The number of benzene rings is 1.